The summed E-state index contributed by atoms with van der Waals surface area (Å²) in [6.07, 6.45) is 0. The van der Waals surface area contributed by atoms with Crippen LogP contribution >= 0.6 is 34.5 Å². The number of rotatable bonds is 3. The molecule has 1 heterocycles. The molecule has 0 bridgehead atoms. The molecule has 3 nitrogen and oxygen atoms in total. The molecule has 0 radical (unpaired) electrons. The molecular formula is C19H16Cl2N2OS. The number of benzene rings is 2. The van der Waals surface area contributed by atoms with Crippen molar-refractivity contribution in [3.63, 3.8) is 0 Å². The summed E-state index contributed by atoms with van der Waals surface area (Å²) in [5.74, 6) is -0.267. The Morgan fingerprint density at radius 1 is 1.00 bits per heavy atom. The van der Waals surface area contributed by atoms with Crippen molar-refractivity contribution in [1.82, 2.24) is 4.98 Å². The predicted molar refractivity (Wildman–Crippen MR) is 106 cm³/mol. The Morgan fingerprint density at radius 2 is 1.72 bits per heavy atom. The summed E-state index contributed by atoms with van der Waals surface area (Å²) in [4.78, 5) is 16.9. The van der Waals surface area contributed by atoms with Crippen molar-refractivity contribution in [3.8, 4) is 11.3 Å². The van der Waals surface area contributed by atoms with Crippen molar-refractivity contribution in [3.05, 3.63) is 68.0 Å². The molecule has 3 aromatic rings. The van der Waals surface area contributed by atoms with Gasteiger partial charge in [0.1, 0.15) is 0 Å². The second-order valence-electron chi connectivity index (χ2n) is 5.87. The van der Waals surface area contributed by atoms with E-state index in [2.05, 4.69) is 43.2 Å². The van der Waals surface area contributed by atoms with E-state index in [0.29, 0.717) is 20.7 Å². The van der Waals surface area contributed by atoms with E-state index >= 15 is 0 Å². The molecule has 3 rings (SSSR count). The zero-order chi connectivity index (χ0) is 18.1. The Labute approximate surface area is 160 Å². The minimum absolute atomic E-state index is 0.267. The summed E-state index contributed by atoms with van der Waals surface area (Å²) in [6.45, 7) is 6.24. The Bertz CT molecular complexity index is 966. The van der Waals surface area contributed by atoms with Crippen molar-refractivity contribution >= 4 is 45.6 Å². The number of aryl methyl sites for hydroxylation is 3. The second-order valence-corrected chi connectivity index (χ2v) is 7.54. The number of amides is 1. The normalized spacial score (nSPS) is 10.8. The number of thiazole rings is 1. The molecular weight excluding hydrogens is 375 g/mol. The van der Waals surface area contributed by atoms with Crippen molar-refractivity contribution in [2.45, 2.75) is 20.8 Å². The third-order valence-corrected chi connectivity index (χ3v) is 5.52. The molecule has 0 unspecified atom stereocenters. The van der Waals surface area contributed by atoms with Gasteiger partial charge in [0.2, 0.25) is 0 Å². The van der Waals surface area contributed by atoms with Gasteiger partial charge in [0.15, 0.2) is 5.13 Å². The first-order valence-electron chi connectivity index (χ1n) is 7.65. The largest absolute Gasteiger partial charge is 0.298 e. The number of aromatic nitrogens is 1. The molecule has 1 amide bonds. The molecule has 128 valence electrons. The molecule has 2 aromatic carbocycles. The van der Waals surface area contributed by atoms with Gasteiger partial charge in [-0.15, -0.1) is 11.3 Å². The van der Waals surface area contributed by atoms with Crippen LogP contribution in [0.2, 0.25) is 10.0 Å². The molecule has 0 atom stereocenters. The third-order valence-electron chi connectivity index (χ3n) is 4.02. The third kappa shape index (κ3) is 3.87. The van der Waals surface area contributed by atoms with Crippen molar-refractivity contribution < 1.29 is 4.79 Å². The van der Waals surface area contributed by atoms with Crippen LogP contribution in [0.15, 0.2) is 35.7 Å². The van der Waals surface area contributed by atoms with Crippen LogP contribution in [0.3, 0.4) is 0 Å². The molecule has 0 aliphatic carbocycles. The molecule has 25 heavy (non-hydrogen) atoms. The molecule has 0 spiro atoms. The fraction of sp³-hybridized carbons (Fsp3) is 0.158. The number of anilines is 1. The van der Waals surface area contributed by atoms with E-state index in [1.54, 1.807) is 18.2 Å². The SMILES string of the molecule is Cc1cc(C)c(-c2csc(NC(=O)c3ccc(Cl)c(Cl)c3)n2)cc1C. The molecule has 6 heteroatoms. The van der Waals surface area contributed by atoms with E-state index < -0.39 is 0 Å². The van der Waals surface area contributed by atoms with E-state index in [1.165, 1.54) is 22.5 Å². The van der Waals surface area contributed by atoms with Gasteiger partial charge in [-0.1, -0.05) is 29.3 Å². The number of carbonyl (C=O) groups excluding carboxylic acids is 1. The molecule has 1 N–H and O–H groups in total. The summed E-state index contributed by atoms with van der Waals surface area (Å²) in [6, 6.07) is 9.06. The van der Waals surface area contributed by atoms with Crippen molar-refractivity contribution in [2.75, 3.05) is 5.32 Å². The van der Waals surface area contributed by atoms with Crippen molar-refractivity contribution in [1.29, 1.82) is 0 Å². The van der Waals surface area contributed by atoms with Gasteiger partial charge < -0.3 is 0 Å². The number of carbonyl (C=O) groups is 1. The Morgan fingerprint density at radius 3 is 2.44 bits per heavy atom. The maximum Gasteiger partial charge on any atom is 0.257 e. The fourth-order valence-corrected chi connectivity index (χ4v) is 3.50. The first-order chi connectivity index (χ1) is 11.8. The zero-order valence-corrected chi connectivity index (χ0v) is 16.3. The first-order valence-corrected chi connectivity index (χ1v) is 9.29. The van der Waals surface area contributed by atoms with E-state index in [9.17, 15) is 4.79 Å². The van der Waals surface area contributed by atoms with Crippen LogP contribution in [0.4, 0.5) is 5.13 Å². The lowest BCUT2D eigenvalue weighted by Gasteiger charge is -2.07. The topological polar surface area (TPSA) is 42.0 Å². The van der Waals surface area contributed by atoms with Crippen LogP contribution in [0, 0.1) is 20.8 Å². The minimum Gasteiger partial charge on any atom is -0.298 e. The van der Waals surface area contributed by atoms with Gasteiger partial charge in [-0.3, -0.25) is 10.1 Å². The van der Waals surface area contributed by atoms with Crippen LogP contribution in [0.1, 0.15) is 27.0 Å². The van der Waals surface area contributed by atoms with Gasteiger partial charge in [0, 0.05) is 16.5 Å². The van der Waals surface area contributed by atoms with Crippen LogP contribution in [0.25, 0.3) is 11.3 Å². The maximum absolute atomic E-state index is 12.3. The highest BCUT2D eigenvalue weighted by Crippen LogP contribution is 2.30. The summed E-state index contributed by atoms with van der Waals surface area (Å²) < 4.78 is 0. The van der Waals surface area contributed by atoms with Crippen LogP contribution in [-0.2, 0) is 0 Å². The number of hydrogen-bond donors (Lipinski definition) is 1. The Hall–Kier alpha value is -1.88. The van der Waals surface area contributed by atoms with Gasteiger partial charge in [0.05, 0.1) is 15.7 Å². The van der Waals surface area contributed by atoms with E-state index in [1.807, 2.05) is 5.38 Å². The van der Waals surface area contributed by atoms with Gasteiger partial charge in [-0.25, -0.2) is 4.98 Å². The fourth-order valence-electron chi connectivity index (χ4n) is 2.50. The first kappa shape index (κ1) is 17.9. The number of nitrogens with zero attached hydrogens (tertiary/aromatic N) is 1. The van der Waals surface area contributed by atoms with Gasteiger partial charge in [-0.2, -0.15) is 0 Å². The summed E-state index contributed by atoms with van der Waals surface area (Å²) >= 11 is 13.2. The summed E-state index contributed by atoms with van der Waals surface area (Å²) in [7, 11) is 0. The Balaban J connectivity index is 1.83. The average molecular weight is 391 g/mol. The lowest BCUT2D eigenvalue weighted by atomic mass is 9.99. The molecule has 0 aliphatic heterocycles. The van der Waals surface area contributed by atoms with Gasteiger partial charge in [0.25, 0.3) is 5.91 Å². The number of halogens is 2. The van der Waals surface area contributed by atoms with E-state index in [4.69, 9.17) is 23.2 Å². The molecule has 0 saturated carbocycles. The summed E-state index contributed by atoms with van der Waals surface area (Å²) in [5.41, 5.74) is 6.01. The van der Waals surface area contributed by atoms with Crippen LogP contribution < -0.4 is 5.32 Å². The average Bonchev–Trinajstić information content (AvgIpc) is 3.01. The molecule has 0 fully saturated rings. The highest BCUT2D eigenvalue weighted by atomic mass is 35.5. The monoisotopic (exact) mass is 390 g/mol. The quantitative estimate of drug-likeness (QED) is 0.570. The van der Waals surface area contributed by atoms with E-state index in [-0.39, 0.29) is 5.91 Å². The lowest BCUT2D eigenvalue weighted by Crippen LogP contribution is -2.11. The lowest BCUT2D eigenvalue weighted by molar-refractivity contribution is 0.102. The minimum atomic E-state index is -0.267. The van der Waals surface area contributed by atoms with Crippen LogP contribution in [0.5, 0.6) is 0 Å². The number of nitrogens with one attached hydrogen (secondary N) is 1. The van der Waals surface area contributed by atoms with Crippen molar-refractivity contribution in [2.24, 2.45) is 0 Å². The maximum atomic E-state index is 12.3. The van der Waals surface area contributed by atoms with Gasteiger partial charge >= 0.3 is 0 Å². The predicted octanol–water partition coefficient (Wildman–Crippen LogP) is 6.29. The molecule has 0 aliphatic rings. The smallest absolute Gasteiger partial charge is 0.257 e. The Kier molecular flexibility index (Phi) is 5.13. The highest BCUT2D eigenvalue weighted by molar-refractivity contribution is 7.14. The second kappa shape index (κ2) is 7.16. The standard InChI is InChI=1S/C19H16Cl2N2OS/c1-10-6-12(3)14(7-11(10)2)17-9-25-19(22-17)23-18(24)13-4-5-15(20)16(21)8-13/h4-9H,1-3H3,(H,22,23,24). The summed E-state index contributed by atoms with van der Waals surface area (Å²) in [5, 5.41) is 6.06. The van der Waals surface area contributed by atoms with Gasteiger partial charge in [-0.05, 0) is 61.7 Å². The van der Waals surface area contributed by atoms with Crippen LogP contribution in [-0.4, -0.2) is 10.9 Å². The van der Waals surface area contributed by atoms with E-state index in [0.717, 1.165) is 16.8 Å². The highest BCUT2D eigenvalue weighted by Gasteiger charge is 2.13. The molecule has 0 saturated heterocycles. The molecule has 1 aromatic heterocycles. The number of hydrogen-bond acceptors (Lipinski definition) is 3. The zero-order valence-electron chi connectivity index (χ0n) is 14.0.